The minimum atomic E-state index is -4.00. The van der Waals surface area contributed by atoms with Gasteiger partial charge in [-0.1, -0.05) is 48.5 Å². The largest absolute Gasteiger partial charge is 0.495 e. The molecule has 33 heavy (non-hydrogen) atoms. The number of hydrogen-bond acceptors (Lipinski definition) is 6. The van der Waals surface area contributed by atoms with Crippen molar-refractivity contribution in [3.63, 3.8) is 0 Å². The zero-order valence-electron chi connectivity index (χ0n) is 18.1. The predicted molar refractivity (Wildman–Crippen MR) is 124 cm³/mol. The Kier molecular flexibility index (Phi) is 7.68. The van der Waals surface area contributed by atoms with E-state index in [9.17, 15) is 18.0 Å². The minimum Gasteiger partial charge on any atom is -0.495 e. The number of carbonyl (C=O) groups is 2. The van der Waals surface area contributed by atoms with Crippen LogP contribution in [0.2, 0.25) is 0 Å². The molecule has 0 aromatic heterocycles. The maximum atomic E-state index is 12.8. The highest BCUT2D eigenvalue weighted by Gasteiger charge is 2.19. The van der Waals surface area contributed by atoms with Gasteiger partial charge in [0.1, 0.15) is 5.75 Å². The van der Waals surface area contributed by atoms with E-state index in [0.717, 1.165) is 5.56 Å². The van der Waals surface area contributed by atoms with Gasteiger partial charge in [-0.2, -0.15) is 0 Å². The molecule has 3 aromatic rings. The minimum absolute atomic E-state index is 0.00168. The van der Waals surface area contributed by atoms with Crippen molar-refractivity contribution in [2.75, 3.05) is 18.4 Å². The highest BCUT2D eigenvalue weighted by Crippen LogP contribution is 2.26. The second-order valence-electron chi connectivity index (χ2n) is 7.11. The highest BCUT2D eigenvalue weighted by atomic mass is 32.2. The summed E-state index contributed by atoms with van der Waals surface area (Å²) in [5.74, 6) is -0.930. The van der Waals surface area contributed by atoms with E-state index >= 15 is 0 Å². The summed E-state index contributed by atoms with van der Waals surface area (Å²) in [5.41, 5.74) is 1.18. The number of nitrogens with one attached hydrogen (secondary N) is 2. The third-order valence-electron chi connectivity index (χ3n) is 4.74. The van der Waals surface area contributed by atoms with Crippen LogP contribution < -0.4 is 14.8 Å². The summed E-state index contributed by atoms with van der Waals surface area (Å²) >= 11 is 0. The number of sulfonamides is 1. The number of esters is 1. The van der Waals surface area contributed by atoms with Gasteiger partial charge in [-0.3, -0.25) is 9.52 Å². The fraction of sp³-hybridized carbons (Fsp3) is 0.167. The molecular formula is C24H24N2O6S. The zero-order valence-corrected chi connectivity index (χ0v) is 19.0. The van der Waals surface area contributed by atoms with Gasteiger partial charge in [-0.15, -0.1) is 0 Å². The summed E-state index contributed by atoms with van der Waals surface area (Å²) in [6.45, 7) is 1.32. The van der Waals surface area contributed by atoms with Crippen LogP contribution in [0.5, 0.6) is 5.75 Å². The summed E-state index contributed by atoms with van der Waals surface area (Å²) in [5, 5.41) is 2.74. The average molecular weight is 469 g/mol. The number of benzene rings is 3. The van der Waals surface area contributed by atoms with Gasteiger partial charge < -0.3 is 14.8 Å². The summed E-state index contributed by atoms with van der Waals surface area (Å²) in [6.07, 6.45) is 0. The first-order chi connectivity index (χ1) is 15.8. The van der Waals surface area contributed by atoms with Gasteiger partial charge in [0, 0.05) is 0 Å². The third kappa shape index (κ3) is 6.33. The van der Waals surface area contributed by atoms with Crippen LogP contribution in [0.25, 0.3) is 0 Å². The van der Waals surface area contributed by atoms with Gasteiger partial charge >= 0.3 is 5.97 Å². The van der Waals surface area contributed by atoms with Crippen molar-refractivity contribution in [1.82, 2.24) is 5.32 Å². The van der Waals surface area contributed by atoms with E-state index in [2.05, 4.69) is 10.0 Å². The van der Waals surface area contributed by atoms with E-state index in [4.69, 9.17) is 9.47 Å². The number of methoxy groups -OCH3 is 1. The lowest BCUT2D eigenvalue weighted by Gasteiger charge is -2.14. The Morgan fingerprint density at radius 3 is 2.36 bits per heavy atom. The average Bonchev–Trinajstić information content (AvgIpc) is 2.83. The maximum Gasteiger partial charge on any atom is 0.338 e. The number of amides is 1. The topological polar surface area (TPSA) is 111 Å². The second kappa shape index (κ2) is 10.6. The van der Waals surface area contributed by atoms with E-state index in [0.29, 0.717) is 5.75 Å². The SMILES string of the molecule is COc1ccccc1NS(=O)(=O)c1cccc(C(=O)OCC(=O)N[C@H](C)c2ccccc2)c1. The molecule has 3 rings (SSSR count). The van der Waals surface area contributed by atoms with Crippen molar-refractivity contribution >= 4 is 27.6 Å². The Morgan fingerprint density at radius 1 is 0.939 bits per heavy atom. The fourth-order valence-corrected chi connectivity index (χ4v) is 4.16. The van der Waals surface area contributed by atoms with E-state index in [-0.39, 0.29) is 22.2 Å². The number of ether oxygens (including phenoxy) is 2. The van der Waals surface area contributed by atoms with Gasteiger partial charge in [0.05, 0.1) is 29.3 Å². The number of hydrogen-bond donors (Lipinski definition) is 2. The summed E-state index contributed by atoms with van der Waals surface area (Å²) in [4.78, 5) is 24.4. The number of para-hydroxylation sites is 2. The number of anilines is 1. The first kappa shape index (κ1) is 23.8. The van der Waals surface area contributed by atoms with Crippen LogP contribution in [-0.4, -0.2) is 34.0 Å². The lowest BCUT2D eigenvalue weighted by molar-refractivity contribution is -0.124. The lowest BCUT2D eigenvalue weighted by Crippen LogP contribution is -2.31. The Morgan fingerprint density at radius 2 is 1.64 bits per heavy atom. The zero-order chi connectivity index (χ0) is 23.8. The molecule has 3 aromatic carbocycles. The first-order valence-electron chi connectivity index (χ1n) is 10.1. The fourth-order valence-electron chi connectivity index (χ4n) is 3.05. The summed E-state index contributed by atoms with van der Waals surface area (Å²) < 4.78 is 38.2. The van der Waals surface area contributed by atoms with Crippen LogP contribution >= 0.6 is 0 Å². The third-order valence-corrected chi connectivity index (χ3v) is 6.11. The van der Waals surface area contributed by atoms with Crippen molar-refractivity contribution in [3.8, 4) is 5.75 Å². The van der Waals surface area contributed by atoms with Gasteiger partial charge in [-0.25, -0.2) is 13.2 Å². The monoisotopic (exact) mass is 468 g/mol. The maximum absolute atomic E-state index is 12.8. The standard InChI is InChI=1S/C24H24N2O6S/c1-17(18-9-4-3-5-10-18)25-23(27)16-32-24(28)19-11-8-12-20(15-19)33(29,30)26-21-13-6-7-14-22(21)31-2/h3-15,17,26H,16H2,1-2H3,(H,25,27)/t17-/m1/s1. The molecule has 0 saturated carbocycles. The Bertz CT molecular complexity index is 1230. The molecule has 0 spiro atoms. The van der Waals surface area contributed by atoms with E-state index < -0.39 is 28.5 Å². The molecule has 2 N–H and O–H groups in total. The Hall–Kier alpha value is -3.85. The quantitative estimate of drug-likeness (QED) is 0.465. The summed E-state index contributed by atoms with van der Waals surface area (Å²) in [7, 11) is -2.57. The van der Waals surface area contributed by atoms with E-state index in [1.165, 1.54) is 31.4 Å². The molecular weight excluding hydrogens is 444 g/mol. The molecule has 172 valence electrons. The molecule has 0 aliphatic rings. The van der Waals surface area contributed by atoms with Crippen molar-refractivity contribution in [2.45, 2.75) is 17.9 Å². The first-order valence-corrected chi connectivity index (χ1v) is 11.6. The van der Waals surface area contributed by atoms with E-state index in [1.807, 2.05) is 37.3 Å². The van der Waals surface area contributed by atoms with Crippen LogP contribution in [0.3, 0.4) is 0 Å². The predicted octanol–water partition coefficient (Wildman–Crippen LogP) is 3.53. The van der Waals surface area contributed by atoms with Crippen LogP contribution in [0.15, 0.2) is 83.8 Å². The van der Waals surface area contributed by atoms with Crippen LogP contribution in [0.1, 0.15) is 28.9 Å². The molecule has 0 saturated heterocycles. The van der Waals surface area contributed by atoms with Crippen LogP contribution in [0.4, 0.5) is 5.69 Å². The molecule has 0 unspecified atom stereocenters. The van der Waals surface area contributed by atoms with Gasteiger partial charge in [0.2, 0.25) is 0 Å². The summed E-state index contributed by atoms with van der Waals surface area (Å²) in [6, 6.07) is 21.0. The molecule has 0 aliphatic carbocycles. The molecule has 0 radical (unpaired) electrons. The molecule has 9 heteroatoms. The molecule has 0 fully saturated rings. The molecule has 1 amide bonds. The van der Waals surface area contributed by atoms with Gasteiger partial charge in [0.25, 0.3) is 15.9 Å². The second-order valence-corrected chi connectivity index (χ2v) is 8.79. The smallest absolute Gasteiger partial charge is 0.338 e. The van der Waals surface area contributed by atoms with Gasteiger partial charge in [0.15, 0.2) is 6.61 Å². The molecule has 0 heterocycles. The Balaban J connectivity index is 1.63. The van der Waals surface area contributed by atoms with Crippen LogP contribution in [0, 0.1) is 0 Å². The highest BCUT2D eigenvalue weighted by molar-refractivity contribution is 7.92. The van der Waals surface area contributed by atoms with Gasteiger partial charge in [-0.05, 0) is 42.8 Å². The van der Waals surface area contributed by atoms with E-state index in [1.54, 1.807) is 24.3 Å². The normalized spacial score (nSPS) is 11.8. The molecule has 0 aliphatic heterocycles. The van der Waals surface area contributed by atoms with Crippen molar-refractivity contribution in [3.05, 3.63) is 90.0 Å². The lowest BCUT2D eigenvalue weighted by atomic mass is 10.1. The van der Waals surface area contributed by atoms with Crippen molar-refractivity contribution < 1.29 is 27.5 Å². The number of carbonyl (C=O) groups excluding carboxylic acids is 2. The van der Waals surface area contributed by atoms with Crippen molar-refractivity contribution in [1.29, 1.82) is 0 Å². The number of rotatable bonds is 9. The Labute approximate surface area is 192 Å². The molecule has 0 bridgehead atoms. The van der Waals surface area contributed by atoms with Crippen molar-refractivity contribution in [2.24, 2.45) is 0 Å². The van der Waals surface area contributed by atoms with Crippen LogP contribution in [-0.2, 0) is 19.6 Å². The molecule has 1 atom stereocenters. The molecule has 8 nitrogen and oxygen atoms in total.